The zero-order valence-corrected chi connectivity index (χ0v) is 51.9. The molecule has 1 saturated carbocycles. The first-order chi connectivity index (χ1) is 40.4. The van der Waals surface area contributed by atoms with E-state index < -0.39 is 180 Å². The van der Waals surface area contributed by atoms with Gasteiger partial charge in [0.05, 0.1) is 74.0 Å². The molecule has 2 bridgehead atoms. The third-order valence-corrected chi connectivity index (χ3v) is 19.9. The third-order valence-electron chi connectivity index (χ3n) is 19.9. The molecule has 9 aliphatic rings. The van der Waals surface area contributed by atoms with Gasteiger partial charge in [-0.2, -0.15) is 0 Å². The molecule has 0 radical (unpaired) electrons. The van der Waals surface area contributed by atoms with Gasteiger partial charge in [-0.1, -0.05) is 62.8 Å². The number of allylic oxidation sites excluding steroid dienone is 5. The smallest absolute Gasteiger partial charge is 0.407 e. The number of rotatable bonds is 12. The van der Waals surface area contributed by atoms with E-state index in [0.717, 1.165) is 5.57 Å². The predicted molar refractivity (Wildman–Crippen MR) is 308 cm³/mol. The van der Waals surface area contributed by atoms with Gasteiger partial charge in [0.15, 0.2) is 42.6 Å². The van der Waals surface area contributed by atoms with Crippen LogP contribution in [0.4, 0.5) is 4.79 Å². The molecule has 22 heteroatoms. The van der Waals surface area contributed by atoms with Gasteiger partial charge in [-0.15, -0.1) is 0 Å². The van der Waals surface area contributed by atoms with Crippen LogP contribution in [0.3, 0.4) is 0 Å². The molecule has 1 amide bonds. The lowest BCUT2D eigenvalue weighted by Gasteiger charge is -2.56. The molecule has 5 heterocycles. The molecular weight excluding hydrogens is 1120 g/mol. The van der Waals surface area contributed by atoms with Gasteiger partial charge in [0.2, 0.25) is 5.78 Å². The van der Waals surface area contributed by atoms with Crippen LogP contribution in [0, 0.1) is 40.9 Å². The summed E-state index contributed by atoms with van der Waals surface area (Å²) in [6, 6.07) is -0.634. The van der Waals surface area contributed by atoms with Crippen molar-refractivity contribution in [3.8, 4) is 0 Å². The number of amides is 1. The molecule has 0 aromatic heterocycles. The number of carbonyl (C=O) groups is 5. The molecule has 0 aromatic rings. The lowest BCUT2D eigenvalue weighted by molar-refractivity contribution is -0.323. The molecule has 478 valence electrons. The van der Waals surface area contributed by atoms with Crippen molar-refractivity contribution in [3.05, 3.63) is 70.6 Å². The Balaban J connectivity index is 1.04. The Morgan fingerprint density at radius 3 is 2.10 bits per heavy atom. The van der Waals surface area contributed by atoms with Crippen LogP contribution in [0.15, 0.2) is 70.6 Å². The number of ether oxygens (including phenoxy) is 11. The third kappa shape index (κ3) is 13.2. The summed E-state index contributed by atoms with van der Waals surface area (Å²) in [4.78, 5) is 67.9. The number of alkyl carbamates (subject to hydrolysis) is 1. The van der Waals surface area contributed by atoms with E-state index in [1.807, 2.05) is 32.9 Å². The Labute approximate surface area is 504 Å². The van der Waals surface area contributed by atoms with Gasteiger partial charge < -0.3 is 83.6 Å². The molecule has 6 fully saturated rings. The second-order valence-corrected chi connectivity index (χ2v) is 26.4. The number of fused-ring (bicyclic) bond motifs is 4. The highest BCUT2D eigenvalue weighted by Crippen LogP contribution is 2.61. The quantitative estimate of drug-likeness (QED) is 0.0424. The molecule has 26 atom stereocenters. The molecule has 7 N–H and O–H groups in total. The predicted octanol–water partition coefficient (Wildman–Crippen LogP) is 6.08. The highest BCUT2D eigenvalue weighted by molar-refractivity contribution is 6.26. The van der Waals surface area contributed by atoms with Crippen LogP contribution in [-0.4, -0.2) is 173 Å². The number of nitrogens with one attached hydrogen (secondary N) is 1. The summed E-state index contributed by atoms with van der Waals surface area (Å²) < 4.78 is 69.3. The standard InChI is InChI=1S/C64H92N2O20/c1-29-14-19-45(82-51-28-62(11,65)57(37(9)80-51)66-61(75)76-13)30(2)23-42-43(69)24-39(16-15-33(5)67)27-64(42)59(73)52(60(74)86-64)58(72)63(12)41(29)18-17-40-53(63)31(3)22-32(4)55(40)85-50-26-47(56(36(8)79-50)81-38(10)68)84-48-21-20-46(34(6)77-48)83-49-25-44(70)54(71)35(7)78-49/h14-18,23-24,31-32,34-37,40-51,53-57,69-72H,19-22,25-28,65H2,1-13H3,(H,66,75)/b16-15+,29-14?,30-23?,58-52?/t31-,32-,34-,35-,36-,37+,40-,41-,42+,43-,44+,45-,46+,47+,48-,49+,50-,51-,53+,54-,55-,56-,57-,62-,63+,64-/m0/s1. The monoisotopic (exact) mass is 1210 g/mol. The van der Waals surface area contributed by atoms with Crippen molar-refractivity contribution in [2.45, 2.75) is 250 Å². The van der Waals surface area contributed by atoms with E-state index in [2.05, 4.69) is 25.2 Å². The normalized spacial score (nSPS) is 45.5. The van der Waals surface area contributed by atoms with Crippen LogP contribution in [0.5, 0.6) is 0 Å². The van der Waals surface area contributed by atoms with E-state index in [9.17, 15) is 39.6 Å². The van der Waals surface area contributed by atoms with Gasteiger partial charge in [-0.25, -0.2) is 9.59 Å². The highest BCUT2D eigenvalue weighted by atomic mass is 16.7. The molecule has 9 rings (SSSR count). The average molecular weight is 1210 g/mol. The van der Waals surface area contributed by atoms with Crippen molar-refractivity contribution in [1.29, 1.82) is 0 Å². The SMILES string of the molecule is COC(=O)N[C@H]1[C@@H](C)O[C@@H](O[C@H]2CC=C(C)[C@@H]3C=C[C@@H]4[C@@H](O[C@H]5C[C@@H](O[C@H]6CC[C@@H](O[C@@H]7C[C@@H](O)[C@@H](O)[C@H](C)O7)[C@H](C)O6)[C@@H](OC(C)=O)[C@H](C)O5)[C@@H](C)C[C@H](C)[C@H]4[C@]3(C)C(O)=C3C(=O)O[C@]4(CC(/C=C/C(C)=O)=C[C@H](O)[C@H]4C=C2C)C3=O)C[C@]1(C)N. The summed E-state index contributed by atoms with van der Waals surface area (Å²) in [5, 5.41) is 48.9. The number of Topliss-reactive ketones (excluding diaryl/α,β-unsaturated/α-hetero) is 1. The van der Waals surface area contributed by atoms with E-state index in [1.165, 1.54) is 39.2 Å². The number of methoxy groups -OCH3 is 1. The van der Waals surface area contributed by atoms with Crippen LogP contribution in [-0.2, 0) is 71.3 Å². The fourth-order valence-corrected chi connectivity index (χ4v) is 15.6. The van der Waals surface area contributed by atoms with Crippen molar-refractivity contribution >= 4 is 29.6 Å². The zero-order valence-electron chi connectivity index (χ0n) is 51.9. The fraction of sp³-hybridized carbons (Fsp3) is 0.734. The minimum Gasteiger partial charge on any atom is -0.511 e. The van der Waals surface area contributed by atoms with Gasteiger partial charge in [0.1, 0.15) is 23.5 Å². The molecule has 4 aliphatic carbocycles. The molecule has 0 unspecified atom stereocenters. The van der Waals surface area contributed by atoms with Crippen molar-refractivity contribution in [2.75, 3.05) is 7.11 Å². The summed E-state index contributed by atoms with van der Waals surface area (Å²) in [6.45, 7) is 21.5. The maximum Gasteiger partial charge on any atom is 0.407 e. The first-order valence-corrected chi connectivity index (χ1v) is 30.7. The fourth-order valence-electron chi connectivity index (χ4n) is 15.6. The second kappa shape index (κ2) is 26.0. The minimum absolute atomic E-state index is 0.0839. The Bertz CT molecular complexity index is 2740. The number of carbonyl (C=O) groups excluding carboxylic acids is 5. The lowest BCUT2D eigenvalue weighted by atomic mass is 9.49. The summed E-state index contributed by atoms with van der Waals surface area (Å²) in [5.41, 5.74) is 3.68. The number of esters is 2. The van der Waals surface area contributed by atoms with Crippen molar-refractivity contribution < 1.29 is 96.5 Å². The van der Waals surface area contributed by atoms with Gasteiger partial charge in [0, 0.05) is 61.8 Å². The Hall–Kier alpha value is -4.69. The maximum absolute atomic E-state index is 15.7. The Kier molecular flexibility index (Phi) is 19.9. The molecule has 86 heavy (non-hydrogen) atoms. The molecule has 5 saturated heterocycles. The number of aliphatic hydroxyl groups is 4. The minimum atomic E-state index is -2.06. The van der Waals surface area contributed by atoms with Crippen molar-refractivity contribution in [1.82, 2.24) is 5.32 Å². The number of ketones is 2. The first-order valence-electron chi connectivity index (χ1n) is 30.7. The molecule has 0 aromatic carbocycles. The molecular formula is C64H92N2O20. The van der Waals surface area contributed by atoms with Gasteiger partial charge in [0.25, 0.3) is 0 Å². The summed E-state index contributed by atoms with van der Waals surface area (Å²) in [7, 11) is 1.26. The summed E-state index contributed by atoms with van der Waals surface area (Å²) >= 11 is 0. The van der Waals surface area contributed by atoms with E-state index in [4.69, 9.17) is 57.8 Å². The van der Waals surface area contributed by atoms with Gasteiger partial charge >= 0.3 is 18.0 Å². The van der Waals surface area contributed by atoms with Crippen LogP contribution >= 0.6 is 0 Å². The van der Waals surface area contributed by atoms with Crippen molar-refractivity contribution in [2.24, 2.45) is 46.7 Å². The van der Waals surface area contributed by atoms with E-state index in [0.29, 0.717) is 30.4 Å². The summed E-state index contributed by atoms with van der Waals surface area (Å²) in [5.74, 6) is -6.02. The van der Waals surface area contributed by atoms with Crippen LogP contribution < -0.4 is 11.1 Å². The van der Waals surface area contributed by atoms with Crippen LogP contribution in [0.2, 0.25) is 0 Å². The Morgan fingerprint density at radius 1 is 0.767 bits per heavy atom. The zero-order chi connectivity index (χ0) is 62.6. The van der Waals surface area contributed by atoms with Gasteiger partial charge in [-0.3, -0.25) is 14.4 Å². The number of nitrogens with two attached hydrogens (primary N) is 1. The summed E-state index contributed by atoms with van der Waals surface area (Å²) in [6.07, 6.45) is 1.20. The molecule has 5 aliphatic heterocycles. The van der Waals surface area contributed by atoms with Crippen LogP contribution in [0.25, 0.3) is 0 Å². The van der Waals surface area contributed by atoms with E-state index in [1.54, 1.807) is 40.7 Å². The lowest BCUT2D eigenvalue weighted by Crippen LogP contribution is -2.66. The molecule has 1 spiro atoms. The number of hydrogen-bond acceptors (Lipinski definition) is 21. The number of hydrogen-bond donors (Lipinski definition) is 6. The average Bonchev–Trinajstić information content (AvgIpc) is 1.33. The van der Waals surface area contributed by atoms with Crippen molar-refractivity contribution in [3.63, 3.8) is 0 Å². The number of aliphatic hydroxyl groups excluding tert-OH is 4. The topological polar surface area (TPSA) is 306 Å². The Morgan fingerprint density at radius 2 is 1.44 bits per heavy atom. The molecule has 22 nitrogen and oxygen atoms in total. The second-order valence-electron chi connectivity index (χ2n) is 26.4. The van der Waals surface area contributed by atoms with Crippen LogP contribution in [0.1, 0.15) is 134 Å². The maximum atomic E-state index is 15.7. The van der Waals surface area contributed by atoms with E-state index in [-0.39, 0.29) is 49.7 Å². The first kappa shape index (κ1) is 65.7. The van der Waals surface area contributed by atoms with E-state index >= 15 is 4.79 Å². The van der Waals surface area contributed by atoms with Gasteiger partial charge in [-0.05, 0) is 110 Å². The largest absolute Gasteiger partial charge is 0.511 e. The highest BCUT2D eigenvalue weighted by Gasteiger charge is 2.65.